The van der Waals surface area contributed by atoms with E-state index in [4.69, 9.17) is 6.42 Å². The lowest BCUT2D eigenvalue weighted by molar-refractivity contribution is -0.120. The van der Waals surface area contributed by atoms with E-state index in [1.54, 1.807) is 6.08 Å². The second kappa shape index (κ2) is 5.55. The van der Waals surface area contributed by atoms with Gasteiger partial charge in [-0.1, -0.05) is 6.08 Å². The normalized spacial score (nSPS) is 11.3. The van der Waals surface area contributed by atoms with Crippen LogP contribution in [-0.2, 0) is 4.79 Å². The molecule has 11 heavy (non-hydrogen) atoms. The quantitative estimate of drug-likeness (QED) is 0.473. The Morgan fingerprint density at radius 2 is 2.55 bits per heavy atom. The van der Waals surface area contributed by atoms with Crippen LogP contribution < -0.4 is 5.32 Å². The van der Waals surface area contributed by atoms with Gasteiger partial charge >= 0.3 is 0 Å². The average molecular weight is 151 g/mol. The minimum absolute atomic E-state index is 0.0252. The van der Waals surface area contributed by atoms with E-state index in [0.717, 1.165) is 0 Å². The van der Waals surface area contributed by atoms with Crippen LogP contribution in [0.3, 0.4) is 0 Å². The highest BCUT2D eigenvalue weighted by atomic mass is 16.1. The molecule has 0 spiro atoms. The Bertz CT molecular complexity index is 178. The first kappa shape index (κ1) is 9.77. The molecular weight excluding hydrogens is 138 g/mol. The van der Waals surface area contributed by atoms with Crippen molar-refractivity contribution in [3.8, 4) is 12.3 Å². The van der Waals surface area contributed by atoms with Crippen LogP contribution in [0, 0.1) is 12.3 Å². The largest absolute Gasteiger partial charge is 0.352 e. The summed E-state index contributed by atoms with van der Waals surface area (Å²) in [5.74, 6) is 2.45. The highest BCUT2D eigenvalue weighted by molar-refractivity contribution is 5.77. The summed E-state index contributed by atoms with van der Waals surface area (Å²) in [4.78, 5) is 10.9. The number of carbonyl (C=O) groups excluding carboxylic acids is 1. The fourth-order valence-electron chi connectivity index (χ4n) is 0.693. The summed E-state index contributed by atoms with van der Waals surface area (Å²) in [6.45, 7) is 5.33. The van der Waals surface area contributed by atoms with Gasteiger partial charge in [0.2, 0.25) is 5.91 Å². The highest BCUT2D eigenvalue weighted by Crippen LogP contribution is 1.89. The number of nitrogens with one attached hydrogen (secondary N) is 1. The third kappa shape index (κ3) is 5.23. The maximum atomic E-state index is 10.9. The van der Waals surface area contributed by atoms with Crippen LogP contribution in [0.1, 0.15) is 19.8 Å². The van der Waals surface area contributed by atoms with E-state index < -0.39 is 0 Å². The molecule has 0 radical (unpaired) electrons. The molecule has 0 aliphatic heterocycles. The molecule has 0 rings (SSSR count). The summed E-state index contributed by atoms with van der Waals surface area (Å²) in [5.41, 5.74) is 0. The Labute approximate surface area is 67.7 Å². The van der Waals surface area contributed by atoms with Gasteiger partial charge in [0.25, 0.3) is 0 Å². The molecule has 1 N–H and O–H groups in total. The van der Waals surface area contributed by atoms with Crippen LogP contribution in [0.25, 0.3) is 0 Å². The minimum atomic E-state index is -0.0252. The van der Waals surface area contributed by atoms with E-state index in [9.17, 15) is 4.79 Å². The smallest absolute Gasteiger partial charge is 0.224 e. The van der Waals surface area contributed by atoms with E-state index >= 15 is 0 Å². The molecule has 0 aromatic carbocycles. The van der Waals surface area contributed by atoms with Crippen molar-refractivity contribution in [3.63, 3.8) is 0 Å². The minimum Gasteiger partial charge on any atom is -0.352 e. The summed E-state index contributed by atoms with van der Waals surface area (Å²) in [5, 5.41) is 2.73. The molecule has 0 saturated heterocycles. The van der Waals surface area contributed by atoms with Crippen molar-refractivity contribution in [3.05, 3.63) is 12.7 Å². The molecule has 2 nitrogen and oxygen atoms in total. The number of amides is 1. The zero-order valence-electron chi connectivity index (χ0n) is 6.76. The molecule has 0 saturated carbocycles. The van der Waals surface area contributed by atoms with Gasteiger partial charge in [0, 0.05) is 18.9 Å². The molecule has 0 heterocycles. The lowest BCUT2D eigenvalue weighted by Crippen LogP contribution is -2.31. The Morgan fingerprint density at radius 3 is 3.00 bits per heavy atom. The zero-order valence-corrected chi connectivity index (χ0v) is 6.76. The second-order valence-corrected chi connectivity index (χ2v) is 2.37. The average Bonchev–Trinajstić information content (AvgIpc) is 1.87. The summed E-state index contributed by atoms with van der Waals surface area (Å²) in [6.07, 6.45) is 7.55. The zero-order chi connectivity index (χ0) is 8.69. The topological polar surface area (TPSA) is 29.1 Å². The molecular formula is C9H13NO. The van der Waals surface area contributed by atoms with Crippen molar-refractivity contribution >= 4 is 5.91 Å². The van der Waals surface area contributed by atoms with Crippen molar-refractivity contribution in [1.29, 1.82) is 0 Å². The summed E-state index contributed by atoms with van der Waals surface area (Å²) < 4.78 is 0. The Kier molecular flexibility index (Phi) is 4.93. The molecule has 1 unspecified atom stereocenters. The van der Waals surface area contributed by atoms with Crippen molar-refractivity contribution in [2.24, 2.45) is 0 Å². The lowest BCUT2D eigenvalue weighted by atomic mass is 10.2. The van der Waals surface area contributed by atoms with Crippen LogP contribution >= 0.6 is 0 Å². The third-order valence-electron chi connectivity index (χ3n) is 1.16. The first-order valence-electron chi connectivity index (χ1n) is 3.54. The van der Waals surface area contributed by atoms with Gasteiger partial charge in [-0.05, 0) is 6.92 Å². The van der Waals surface area contributed by atoms with Gasteiger partial charge in [0.05, 0.1) is 0 Å². The van der Waals surface area contributed by atoms with Gasteiger partial charge in [0.15, 0.2) is 0 Å². The maximum Gasteiger partial charge on any atom is 0.224 e. The summed E-state index contributed by atoms with van der Waals surface area (Å²) in [6, 6.07) is 0.0625. The fourth-order valence-corrected chi connectivity index (χ4v) is 0.693. The number of carbonyl (C=O) groups is 1. The molecule has 1 amide bonds. The second-order valence-electron chi connectivity index (χ2n) is 2.37. The Balaban J connectivity index is 3.58. The molecule has 0 aromatic rings. The molecule has 0 bridgehead atoms. The van der Waals surface area contributed by atoms with E-state index in [1.165, 1.54) is 0 Å². The lowest BCUT2D eigenvalue weighted by Gasteiger charge is -2.08. The van der Waals surface area contributed by atoms with Crippen LogP contribution in [0.15, 0.2) is 12.7 Å². The molecule has 1 atom stereocenters. The predicted octanol–water partition coefficient (Wildman–Crippen LogP) is 1.09. The van der Waals surface area contributed by atoms with Crippen molar-refractivity contribution < 1.29 is 4.79 Å². The summed E-state index contributed by atoms with van der Waals surface area (Å²) >= 11 is 0. The predicted molar refractivity (Wildman–Crippen MR) is 45.9 cm³/mol. The van der Waals surface area contributed by atoms with Crippen molar-refractivity contribution in [2.45, 2.75) is 25.8 Å². The van der Waals surface area contributed by atoms with E-state index in [2.05, 4.69) is 17.8 Å². The van der Waals surface area contributed by atoms with Crippen molar-refractivity contribution in [1.82, 2.24) is 5.32 Å². The SMILES string of the molecule is C#CCC(C)NC(=O)CC=C. The Morgan fingerprint density at radius 1 is 1.91 bits per heavy atom. The maximum absolute atomic E-state index is 10.9. The standard InChI is InChI=1S/C9H13NO/c1-4-6-8(3)10-9(11)7-5-2/h1,5,8H,2,6-7H2,3H3,(H,10,11). The highest BCUT2D eigenvalue weighted by Gasteiger charge is 2.02. The number of rotatable bonds is 4. The molecule has 60 valence electrons. The molecule has 2 heteroatoms. The number of hydrogen-bond acceptors (Lipinski definition) is 1. The number of terminal acetylenes is 1. The van der Waals surface area contributed by atoms with Crippen LogP contribution in [0.5, 0.6) is 0 Å². The van der Waals surface area contributed by atoms with Crippen molar-refractivity contribution in [2.75, 3.05) is 0 Å². The molecule has 0 aliphatic carbocycles. The first-order chi connectivity index (χ1) is 5.20. The number of hydrogen-bond donors (Lipinski definition) is 1. The van der Waals surface area contributed by atoms with Gasteiger partial charge in [-0.25, -0.2) is 0 Å². The van der Waals surface area contributed by atoms with Crippen LogP contribution in [-0.4, -0.2) is 11.9 Å². The molecule has 0 aromatic heterocycles. The van der Waals surface area contributed by atoms with Gasteiger partial charge in [-0.15, -0.1) is 18.9 Å². The monoisotopic (exact) mass is 151 g/mol. The van der Waals surface area contributed by atoms with Gasteiger partial charge in [-0.3, -0.25) is 4.79 Å². The van der Waals surface area contributed by atoms with E-state index in [1.807, 2.05) is 6.92 Å². The van der Waals surface area contributed by atoms with E-state index in [0.29, 0.717) is 12.8 Å². The molecule has 0 fully saturated rings. The first-order valence-corrected chi connectivity index (χ1v) is 3.54. The van der Waals surface area contributed by atoms with Crippen LogP contribution in [0.4, 0.5) is 0 Å². The van der Waals surface area contributed by atoms with Gasteiger partial charge < -0.3 is 5.32 Å². The summed E-state index contributed by atoms with van der Waals surface area (Å²) in [7, 11) is 0. The van der Waals surface area contributed by atoms with E-state index in [-0.39, 0.29) is 11.9 Å². The Hall–Kier alpha value is -1.23. The van der Waals surface area contributed by atoms with Gasteiger partial charge in [0.1, 0.15) is 0 Å². The molecule has 0 aliphatic rings. The van der Waals surface area contributed by atoms with Crippen LogP contribution in [0.2, 0.25) is 0 Å². The van der Waals surface area contributed by atoms with Gasteiger partial charge in [-0.2, -0.15) is 0 Å². The fraction of sp³-hybridized carbons (Fsp3) is 0.444. The third-order valence-corrected chi connectivity index (χ3v) is 1.16.